The molecule has 0 aliphatic carbocycles. The summed E-state index contributed by atoms with van der Waals surface area (Å²) in [6, 6.07) is 21.0. The summed E-state index contributed by atoms with van der Waals surface area (Å²) in [5.41, 5.74) is 2.18. The third kappa shape index (κ3) is 4.76. The number of nitrogens with zero attached hydrogens (tertiary/aromatic N) is 1. The first-order chi connectivity index (χ1) is 14.7. The molecule has 30 heavy (non-hydrogen) atoms. The molecule has 0 radical (unpaired) electrons. The number of hydrogen-bond acceptors (Lipinski definition) is 4. The molecule has 0 saturated carbocycles. The summed E-state index contributed by atoms with van der Waals surface area (Å²) in [5, 5.41) is 3.02. The zero-order valence-corrected chi connectivity index (χ0v) is 17.4. The lowest BCUT2D eigenvalue weighted by molar-refractivity contribution is -0.126. The second-order valence-corrected chi connectivity index (χ2v) is 8.37. The van der Waals surface area contributed by atoms with E-state index in [1.165, 1.54) is 11.2 Å². The highest BCUT2D eigenvalue weighted by atomic mass is 32.2. The van der Waals surface area contributed by atoms with Crippen LogP contribution in [0.25, 0.3) is 0 Å². The van der Waals surface area contributed by atoms with E-state index in [1.807, 2.05) is 42.5 Å². The summed E-state index contributed by atoms with van der Waals surface area (Å²) in [6.07, 6.45) is 2.85. The van der Waals surface area contributed by atoms with Gasteiger partial charge in [0.2, 0.25) is 5.91 Å². The summed E-state index contributed by atoms with van der Waals surface area (Å²) in [5.74, 6) is 0.808. The molecule has 0 bridgehead atoms. The van der Waals surface area contributed by atoms with Gasteiger partial charge in [-0.15, -0.1) is 11.8 Å². The Kier molecular flexibility index (Phi) is 6.54. The van der Waals surface area contributed by atoms with Crippen molar-refractivity contribution in [1.82, 2.24) is 10.2 Å². The minimum Gasteiger partial charge on any atom is -0.459 e. The van der Waals surface area contributed by atoms with Crippen LogP contribution in [0.5, 0.6) is 0 Å². The molecule has 1 aromatic heterocycles. The second-order valence-electron chi connectivity index (χ2n) is 7.21. The highest BCUT2D eigenvalue weighted by molar-refractivity contribution is 7.99. The molecular weight excluding hydrogens is 396 g/mol. The van der Waals surface area contributed by atoms with Gasteiger partial charge in [-0.25, -0.2) is 0 Å². The number of hydrogen-bond donors (Lipinski definition) is 1. The fraction of sp³-hybridized carbons (Fsp3) is 0.250. The average Bonchev–Trinajstić information content (AvgIpc) is 3.33. The topological polar surface area (TPSA) is 62.6 Å². The summed E-state index contributed by atoms with van der Waals surface area (Å²) in [7, 11) is 0. The summed E-state index contributed by atoms with van der Waals surface area (Å²) >= 11 is 1.77. The Morgan fingerprint density at radius 1 is 1.00 bits per heavy atom. The van der Waals surface area contributed by atoms with Crippen molar-refractivity contribution in [2.75, 3.05) is 12.3 Å². The van der Waals surface area contributed by atoms with Gasteiger partial charge in [0.05, 0.1) is 6.26 Å². The van der Waals surface area contributed by atoms with Crippen LogP contribution in [0.15, 0.2) is 82.3 Å². The van der Waals surface area contributed by atoms with E-state index in [1.54, 1.807) is 28.8 Å². The number of benzene rings is 2. The van der Waals surface area contributed by atoms with Crippen molar-refractivity contribution in [1.29, 1.82) is 0 Å². The number of thioether (sulfide) groups is 1. The van der Waals surface area contributed by atoms with Crippen molar-refractivity contribution in [3.63, 3.8) is 0 Å². The molecular formula is C24H24N2O3S. The normalized spacial score (nSPS) is 15.5. The van der Waals surface area contributed by atoms with Gasteiger partial charge in [-0.2, -0.15) is 0 Å². The molecule has 6 heteroatoms. The SMILES string of the molecule is O=C(NCCCSc1ccccc1)C1Cc2ccccc2CN1C(=O)c1ccco1. The molecule has 3 aromatic rings. The predicted octanol–water partition coefficient (Wildman–Crippen LogP) is 4.15. The van der Waals surface area contributed by atoms with E-state index in [0.29, 0.717) is 19.5 Å². The number of amides is 2. The molecule has 0 saturated heterocycles. The molecule has 1 aliphatic heterocycles. The molecule has 5 nitrogen and oxygen atoms in total. The van der Waals surface area contributed by atoms with E-state index in [0.717, 1.165) is 23.3 Å². The zero-order valence-electron chi connectivity index (χ0n) is 16.6. The first-order valence-corrected chi connectivity index (χ1v) is 11.1. The summed E-state index contributed by atoms with van der Waals surface area (Å²) in [4.78, 5) is 28.8. The van der Waals surface area contributed by atoms with Crippen molar-refractivity contribution in [3.8, 4) is 0 Å². The van der Waals surface area contributed by atoms with Gasteiger partial charge in [-0.3, -0.25) is 9.59 Å². The lowest BCUT2D eigenvalue weighted by atomic mass is 9.93. The Balaban J connectivity index is 1.38. The molecule has 2 amide bonds. The van der Waals surface area contributed by atoms with Crippen LogP contribution in [0.3, 0.4) is 0 Å². The van der Waals surface area contributed by atoms with Crippen LogP contribution in [-0.4, -0.2) is 35.1 Å². The third-order valence-corrected chi connectivity index (χ3v) is 6.27. The standard InChI is InChI=1S/C24H24N2O3S/c27-23(25-13-7-15-30-20-10-2-1-3-11-20)21-16-18-8-4-5-9-19(18)17-26(21)24(28)22-12-6-14-29-22/h1-6,8-12,14,21H,7,13,15-17H2,(H,25,27). The maximum Gasteiger partial charge on any atom is 0.290 e. The van der Waals surface area contributed by atoms with Gasteiger partial charge in [-0.1, -0.05) is 42.5 Å². The van der Waals surface area contributed by atoms with Crippen molar-refractivity contribution in [3.05, 3.63) is 89.9 Å². The van der Waals surface area contributed by atoms with Crippen LogP contribution < -0.4 is 5.32 Å². The first-order valence-electron chi connectivity index (χ1n) is 10.1. The molecule has 2 aromatic carbocycles. The van der Waals surface area contributed by atoms with E-state index in [9.17, 15) is 9.59 Å². The molecule has 0 fully saturated rings. The molecule has 1 unspecified atom stereocenters. The van der Waals surface area contributed by atoms with Gasteiger partial charge < -0.3 is 14.6 Å². The van der Waals surface area contributed by atoms with Gasteiger partial charge in [0, 0.05) is 24.4 Å². The van der Waals surface area contributed by atoms with Crippen LogP contribution in [0, 0.1) is 0 Å². The zero-order chi connectivity index (χ0) is 20.8. The van der Waals surface area contributed by atoms with Crippen molar-refractivity contribution in [2.45, 2.75) is 30.3 Å². The van der Waals surface area contributed by atoms with E-state index >= 15 is 0 Å². The van der Waals surface area contributed by atoms with Gasteiger partial charge >= 0.3 is 0 Å². The highest BCUT2D eigenvalue weighted by Crippen LogP contribution is 2.25. The number of rotatable bonds is 7. The number of furan rings is 1. The van der Waals surface area contributed by atoms with E-state index in [-0.39, 0.29) is 17.6 Å². The molecule has 2 heterocycles. The Bertz CT molecular complexity index is 989. The smallest absolute Gasteiger partial charge is 0.290 e. The van der Waals surface area contributed by atoms with Crippen LogP contribution in [0.1, 0.15) is 28.1 Å². The van der Waals surface area contributed by atoms with Crippen LogP contribution in [0.4, 0.5) is 0 Å². The summed E-state index contributed by atoms with van der Waals surface area (Å²) in [6.45, 7) is 0.983. The van der Waals surface area contributed by atoms with Crippen LogP contribution >= 0.6 is 11.8 Å². The maximum atomic E-state index is 13.0. The maximum absolute atomic E-state index is 13.0. The fourth-order valence-corrected chi connectivity index (χ4v) is 4.49. The lowest BCUT2D eigenvalue weighted by Gasteiger charge is -2.35. The predicted molar refractivity (Wildman–Crippen MR) is 117 cm³/mol. The molecule has 1 N–H and O–H groups in total. The van der Waals surface area contributed by atoms with E-state index in [2.05, 4.69) is 17.4 Å². The second kappa shape index (κ2) is 9.67. The quantitative estimate of drug-likeness (QED) is 0.461. The third-order valence-electron chi connectivity index (χ3n) is 5.18. The fourth-order valence-electron chi connectivity index (χ4n) is 3.62. The first kappa shape index (κ1) is 20.3. The minimum absolute atomic E-state index is 0.117. The summed E-state index contributed by atoms with van der Waals surface area (Å²) < 4.78 is 5.29. The Morgan fingerprint density at radius 2 is 1.77 bits per heavy atom. The Morgan fingerprint density at radius 3 is 2.53 bits per heavy atom. The Labute approximate surface area is 180 Å². The van der Waals surface area contributed by atoms with Gasteiger partial charge in [0.15, 0.2) is 5.76 Å². The average molecular weight is 421 g/mol. The van der Waals surface area contributed by atoms with Gasteiger partial charge in [-0.05, 0) is 47.6 Å². The Hall–Kier alpha value is -2.99. The van der Waals surface area contributed by atoms with Crippen molar-refractivity contribution in [2.24, 2.45) is 0 Å². The van der Waals surface area contributed by atoms with Gasteiger partial charge in [0.1, 0.15) is 6.04 Å². The van der Waals surface area contributed by atoms with Crippen molar-refractivity contribution < 1.29 is 14.0 Å². The number of nitrogens with one attached hydrogen (secondary N) is 1. The molecule has 1 aliphatic rings. The minimum atomic E-state index is -0.542. The highest BCUT2D eigenvalue weighted by Gasteiger charge is 2.35. The molecule has 4 rings (SSSR count). The monoisotopic (exact) mass is 420 g/mol. The molecule has 0 spiro atoms. The van der Waals surface area contributed by atoms with E-state index in [4.69, 9.17) is 4.42 Å². The van der Waals surface area contributed by atoms with Crippen LogP contribution in [-0.2, 0) is 17.8 Å². The number of carbonyl (C=O) groups excluding carboxylic acids is 2. The van der Waals surface area contributed by atoms with Crippen LogP contribution in [0.2, 0.25) is 0 Å². The lowest BCUT2D eigenvalue weighted by Crippen LogP contribution is -2.52. The molecule has 1 atom stereocenters. The number of fused-ring (bicyclic) bond motifs is 1. The number of carbonyl (C=O) groups is 2. The van der Waals surface area contributed by atoms with E-state index < -0.39 is 6.04 Å². The molecule has 154 valence electrons. The largest absolute Gasteiger partial charge is 0.459 e. The van der Waals surface area contributed by atoms with Crippen molar-refractivity contribution >= 4 is 23.6 Å². The van der Waals surface area contributed by atoms with Gasteiger partial charge in [0.25, 0.3) is 5.91 Å².